The normalized spacial score (nSPS) is 19.0. The van der Waals surface area contributed by atoms with Crippen LogP contribution in [-0.4, -0.2) is 43.3 Å². The van der Waals surface area contributed by atoms with Gasteiger partial charge in [0.25, 0.3) is 5.69 Å². The van der Waals surface area contributed by atoms with Crippen LogP contribution in [0.15, 0.2) is 29.2 Å². The molecule has 21 heavy (non-hydrogen) atoms. The molecule has 1 aromatic rings. The highest BCUT2D eigenvalue weighted by molar-refractivity contribution is 7.89. The van der Waals surface area contributed by atoms with Crippen molar-refractivity contribution >= 4 is 15.7 Å². The fraction of sp³-hybridized carbons (Fsp3) is 0.538. The predicted molar refractivity (Wildman–Crippen MR) is 78.6 cm³/mol. The molecule has 1 heterocycles. The van der Waals surface area contributed by atoms with Gasteiger partial charge in [0.05, 0.1) is 4.92 Å². The van der Waals surface area contributed by atoms with Gasteiger partial charge in [-0.1, -0.05) is 19.1 Å². The van der Waals surface area contributed by atoms with Crippen molar-refractivity contribution in [1.82, 2.24) is 9.62 Å². The maximum atomic E-state index is 12.7. The number of hydrogen-bond acceptors (Lipinski definition) is 5. The number of rotatable bonds is 6. The van der Waals surface area contributed by atoms with Crippen LogP contribution in [0.3, 0.4) is 0 Å². The maximum absolute atomic E-state index is 12.7. The lowest BCUT2D eigenvalue weighted by molar-refractivity contribution is -0.387. The lowest BCUT2D eigenvalue weighted by Gasteiger charge is -2.23. The van der Waals surface area contributed by atoms with Crippen LogP contribution in [0.25, 0.3) is 0 Å². The Kier molecular flexibility index (Phi) is 4.92. The standard InChI is InChI=1S/C13H19N3O4S/c1-2-15(10-11-6-5-9-14-11)21(19,20)13-8-4-3-7-12(13)16(17)18/h3-4,7-8,11,14H,2,5-6,9-10H2,1H3. The Morgan fingerprint density at radius 2 is 2.14 bits per heavy atom. The minimum Gasteiger partial charge on any atom is -0.313 e. The number of nitro groups is 1. The summed E-state index contributed by atoms with van der Waals surface area (Å²) < 4.78 is 26.6. The fourth-order valence-electron chi connectivity index (χ4n) is 2.52. The van der Waals surface area contributed by atoms with Gasteiger partial charge < -0.3 is 5.32 Å². The lowest BCUT2D eigenvalue weighted by Crippen LogP contribution is -2.41. The number of nitrogens with one attached hydrogen (secondary N) is 1. The molecule has 0 spiro atoms. The number of likely N-dealkylation sites (N-methyl/N-ethyl adjacent to an activating group) is 1. The van der Waals surface area contributed by atoms with Crippen LogP contribution in [0, 0.1) is 10.1 Å². The molecular formula is C13H19N3O4S. The second-order valence-electron chi connectivity index (χ2n) is 4.97. The van der Waals surface area contributed by atoms with E-state index in [2.05, 4.69) is 5.32 Å². The highest BCUT2D eigenvalue weighted by Gasteiger charge is 2.32. The highest BCUT2D eigenvalue weighted by Crippen LogP contribution is 2.26. The van der Waals surface area contributed by atoms with E-state index in [1.54, 1.807) is 6.92 Å². The largest absolute Gasteiger partial charge is 0.313 e. The number of nitro benzene ring substituents is 1. The molecule has 0 aliphatic carbocycles. The Hall–Kier alpha value is -1.51. The molecule has 1 saturated heterocycles. The first kappa shape index (κ1) is 15.9. The number of hydrogen-bond donors (Lipinski definition) is 1. The molecule has 0 bridgehead atoms. The Morgan fingerprint density at radius 3 is 2.71 bits per heavy atom. The van der Waals surface area contributed by atoms with Crippen LogP contribution in [-0.2, 0) is 10.0 Å². The first-order valence-electron chi connectivity index (χ1n) is 6.93. The van der Waals surface area contributed by atoms with Gasteiger partial charge in [0, 0.05) is 25.2 Å². The number of benzene rings is 1. The average molecular weight is 313 g/mol. The van der Waals surface area contributed by atoms with Crippen LogP contribution >= 0.6 is 0 Å². The second kappa shape index (κ2) is 6.50. The van der Waals surface area contributed by atoms with Crippen molar-refractivity contribution in [3.8, 4) is 0 Å². The quantitative estimate of drug-likeness (QED) is 0.632. The summed E-state index contributed by atoms with van der Waals surface area (Å²) in [5, 5.41) is 14.3. The lowest BCUT2D eigenvalue weighted by atomic mass is 10.2. The summed E-state index contributed by atoms with van der Waals surface area (Å²) in [5.74, 6) is 0. The summed E-state index contributed by atoms with van der Waals surface area (Å²) in [6.45, 7) is 3.24. The van der Waals surface area contributed by atoms with Crippen LogP contribution < -0.4 is 5.32 Å². The monoisotopic (exact) mass is 313 g/mol. The zero-order valence-electron chi connectivity index (χ0n) is 11.9. The molecule has 7 nitrogen and oxygen atoms in total. The minimum absolute atomic E-state index is 0.113. The van der Waals surface area contributed by atoms with E-state index in [-0.39, 0.29) is 23.2 Å². The Balaban J connectivity index is 2.32. The molecular weight excluding hydrogens is 294 g/mol. The predicted octanol–water partition coefficient (Wildman–Crippen LogP) is 1.36. The third-order valence-electron chi connectivity index (χ3n) is 3.62. The molecule has 1 aromatic carbocycles. The molecule has 116 valence electrons. The maximum Gasteiger partial charge on any atom is 0.289 e. The molecule has 1 N–H and O–H groups in total. The summed E-state index contributed by atoms with van der Waals surface area (Å²) in [5.41, 5.74) is -0.379. The second-order valence-corrected chi connectivity index (χ2v) is 6.88. The topological polar surface area (TPSA) is 92.6 Å². The molecule has 2 rings (SSSR count). The van der Waals surface area contributed by atoms with E-state index in [9.17, 15) is 18.5 Å². The summed E-state index contributed by atoms with van der Waals surface area (Å²) in [6.07, 6.45) is 1.94. The van der Waals surface area contributed by atoms with Crippen molar-refractivity contribution in [3.05, 3.63) is 34.4 Å². The molecule has 1 fully saturated rings. The van der Waals surface area contributed by atoms with Gasteiger partial charge in [-0.2, -0.15) is 4.31 Å². The molecule has 0 amide bonds. The van der Waals surface area contributed by atoms with Crippen LogP contribution in [0.5, 0.6) is 0 Å². The number of nitrogens with zero attached hydrogens (tertiary/aromatic N) is 2. The summed E-state index contributed by atoms with van der Waals surface area (Å²) in [7, 11) is -3.86. The van der Waals surface area contributed by atoms with Crippen LogP contribution in [0.4, 0.5) is 5.69 Å². The average Bonchev–Trinajstić information content (AvgIpc) is 2.97. The third-order valence-corrected chi connectivity index (χ3v) is 5.61. The van der Waals surface area contributed by atoms with Gasteiger partial charge in [-0.05, 0) is 25.5 Å². The number of para-hydroxylation sites is 1. The van der Waals surface area contributed by atoms with Gasteiger partial charge in [-0.15, -0.1) is 0 Å². The third kappa shape index (κ3) is 3.39. The first-order valence-corrected chi connectivity index (χ1v) is 8.37. The molecule has 8 heteroatoms. The van der Waals surface area contributed by atoms with Gasteiger partial charge in [0.15, 0.2) is 4.90 Å². The summed E-state index contributed by atoms with van der Waals surface area (Å²) >= 11 is 0. The van der Waals surface area contributed by atoms with Crippen molar-refractivity contribution in [3.63, 3.8) is 0 Å². The van der Waals surface area contributed by atoms with Gasteiger partial charge in [0.2, 0.25) is 10.0 Å². The van der Waals surface area contributed by atoms with Crippen LogP contribution in [0.1, 0.15) is 19.8 Å². The van der Waals surface area contributed by atoms with Gasteiger partial charge in [0.1, 0.15) is 0 Å². The van der Waals surface area contributed by atoms with E-state index in [0.29, 0.717) is 6.54 Å². The summed E-state index contributed by atoms with van der Waals surface area (Å²) in [6, 6.07) is 5.59. The van der Waals surface area contributed by atoms with E-state index in [1.165, 1.54) is 28.6 Å². The van der Waals surface area contributed by atoms with Gasteiger partial charge in [-0.3, -0.25) is 10.1 Å². The highest BCUT2D eigenvalue weighted by atomic mass is 32.2. The van der Waals surface area contributed by atoms with E-state index < -0.39 is 14.9 Å². The van der Waals surface area contributed by atoms with Crippen LogP contribution in [0.2, 0.25) is 0 Å². The Labute approximate surface area is 124 Å². The first-order chi connectivity index (χ1) is 9.96. The fourth-order valence-corrected chi connectivity index (χ4v) is 4.17. The van der Waals surface area contributed by atoms with Crippen molar-refractivity contribution in [1.29, 1.82) is 0 Å². The van der Waals surface area contributed by atoms with Crippen molar-refractivity contribution in [2.24, 2.45) is 0 Å². The van der Waals surface area contributed by atoms with Gasteiger partial charge in [-0.25, -0.2) is 8.42 Å². The smallest absolute Gasteiger partial charge is 0.289 e. The van der Waals surface area contributed by atoms with Crippen molar-refractivity contribution < 1.29 is 13.3 Å². The Morgan fingerprint density at radius 1 is 1.43 bits per heavy atom. The van der Waals surface area contributed by atoms with E-state index in [0.717, 1.165) is 19.4 Å². The number of sulfonamides is 1. The molecule has 0 saturated carbocycles. The summed E-state index contributed by atoms with van der Waals surface area (Å²) in [4.78, 5) is 10.1. The van der Waals surface area contributed by atoms with Crippen molar-refractivity contribution in [2.45, 2.75) is 30.7 Å². The minimum atomic E-state index is -3.86. The molecule has 1 atom stereocenters. The molecule has 0 aromatic heterocycles. The zero-order valence-corrected chi connectivity index (χ0v) is 12.7. The SMILES string of the molecule is CCN(CC1CCCN1)S(=O)(=O)c1ccccc1[N+](=O)[O-]. The van der Waals surface area contributed by atoms with Crippen molar-refractivity contribution in [2.75, 3.05) is 19.6 Å². The molecule has 1 aliphatic rings. The molecule has 1 aliphatic heterocycles. The van der Waals surface area contributed by atoms with E-state index in [4.69, 9.17) is 0 Å². The van der Waals surface area contributed by atoms with Gasteiger partial charge >= 0.3 is 0 Å². The van der Waals surface area contributed by atoms with E-state index >= 15 is 0 Å². The molecule has 0 radical (unpaired) electrons. The van der Waals surface area contributed by atoms with E-state index in [1.807, 2.05) is 0 Å². The Bertz CT molecular complexity index is 612. The molecule has 1 unspecified atom stereocenters. The zero-order chi connectivity index (χ0) is 15.5.